The Morgan fingerprint density at radius 2 is 1.82 bits per heavy atom. The van der Waals surface area contributed by atoms with Crippen molar-refractivity contribution in [3.63, 3.8) is 0 Å². The Labute approximate surface area is 102 Å². The summed E-state index contributed by atoms with van der Waals surface area (Å²) in [5.74, 6) is -0.0651. The molecule has 5 nitrogen and oxygen atoms in total. The summed E-state index contributed by atoms with van der Waals surface area (Å²) in [6, 6.07) is 7.25. The molecular weight excluding hydrogens is 240 g/mol. The Balaban J connectivity index is 2.27. The molecule has 0 heterocycles. The smallest absolute Gasteiger partial charge is 0.152 e. The van der Waals surface area contributed by atoms with E-state index >= 15 is 0 Å². The van der Waals surface area contributed by atoms with Gasteiger partial charge in [0.25, 0.3) is 0 Å². The van der Waals surface area contributed by atoms with E-state index in [4.69, 9.17) is 10.8 Å². The van der Waals surface area contributed by atoms with E-state index in [2.05, 4.69) is 5.32 Å². The summed E-state index contributed by atoms with van der Waals surface area (Å²) in [5.41, 5.74) is 7.15. The Kier molecular flexibility index (Phi) is 5.24. The highest BCUT2D eigenvalue weighted by Crippen LogP contribution is 2.10. The summed E-state index contributed by atoms with van der Waals surface area (Å²) in [4.78, 5) is 0. The first-order valence-electron chi connectivity index (χ1n) is 5.44. The maximum atomic E-state index is 11.3. The summed E-state index contributed by atoms with van der Waals surface area (Å²) in [7, 11) is -3.10. The van der Waals surface area contributed by atoms with Crippen molar-refractivity contribution in [3.8, 4) is 0 Å². The second-order valence-electron chi connectivity index (χ2n) is 3.78. The van der Waals surface area contributed by atoms with Gasteiger partial charge in [0.1, 0.15) is 0 Å². The lowest BCUT2D eigenvalue weighted by molar-refractivity contribution is 0.319. The second kappa shape index (κ2) is 6.46. The molecule has 0 fully saturated rings. The van der Waals surface area contributed by atoms with Gasteiger partial charge in [-0.15, -0.1) is 0 Å². The maximum Gasteiger partial charge on any atom is 0.152 e. The number of nitrogens with one attached hydrogen (secondary N) is 1. The lowest BCUT2D eigenvalue weighted by Crippen LogP contribution is -2.16. The predicted molar refractivity (Wildman–Crippen MR) is 69.7 cm³/mol. The van der Waals surface area contributed by atoms with Crippen molar-refractivity contribution in [3.05, 3.63) is 24.3 Å². The Bertz CT molecular complexity index is 429. The highest BCUT2D eigenvalue weighted by Gasteiger charge is 2.08. The number of rotatable bonds is 7. The highest BCUT2D eigenvalue weighted by molar-refractivity contribution is 7.91. The van der Waals surface area contributed by atoms with Crippen LogP contribution in [-0.4, -0.2) is 38.2 Å². The molecule has 0 unspecified atom stereocenters. The minimum Gasteiger partial charge on any atom is -0.399 e. The van der Waals surface area contributed by atoms with Crippen molar-refractivity contribution in [1.29, 1.82) is 0 Å². The number of aliphatic hydroxyl groups excluding tert-OH is 1. The van der Waals surface area contributed by atoms with Crippen LogP contribution in [0, 0.1) is 0 Å². The van der Waals surface area contributed by atoms with Gasteiger partial charge in [0, 0.05) is 17.9 Å². The number of anilines is 2. The van der Waals surface area contributed by atoms with E-state index in [0.717, 1.165) is 5.69 Å². The van der Waals surface area contributed by atoms with Gasteiger partial charge in [-0.3, -0.25) is 0 Å². The van der Waals surface area contributed by atoms with E-state index in [1.807, 2.05) is 12.1 Å². The quantitative estimate of drug-likeness (QED) is 0.488. The number of nitrogens with two attached hydrogens (primary N) is 1. The fraction of sp³-hybridized carbons (Fsp3) is 0.455. The van der Waals surface area contributed by atoms with Gasteiger partial charge >= 0.3 is 0 Å². The van der Waals surface area contributed by atoms with Crippen molar-refractivity contribution in [2.24, 2.45) is 0 Å². The van der Waals surface area contributed by atoms with Crippen LogP contribution in [0.25, 0.3) is 0 Å². The molecule has 0 saturated heterocycles. The summed E-state index contributed by atoms with van der Waals surface area (Å²) in [5, 5.41) is 11.7. The highest BCUT2D eigenvalue weighted by atomic mass is 32.2. The third-order valence-corrected chi connectivity index (χ3v) is 3.99. The lowest BCUT2D eigenvalue weighted by atomic mass is 10.3. The van der Waals surface area contributed by atoms with E-state index in [1.54, 1.807) is 12.1 Å². The minimum atomic E-state index is -3.10. The first-order chi connectivity index (χ1) is 8.03. The van der Waals surface area contributed by atoms with Gasteiger partial charge in [-0.1, -0.05) is 0 Å². The van der Waals surface area contributed by atoms with Crippen molar-refractivity contribution < 1.29 is 13.5 Å². The number of nitrogen functional groups attached to an aromatic ring is 1. The SMILES string of the molecule is Nc1ccc(NCCCS(=O)(=O)CCO)cc1. The normalized spacial score (nSPS) is 11.4. The lowest BCUT2D eigenvalue weighted by Gasteiger charge is -2.06. The van der Waals surface area contributed by atoms with Crippen molar-refractivity contribution in [2.75, 3.05) is 35.7 Å². The number of sulfone groups is 1. The molecule has 4 N–H and O–H groups in total. The first-order valence-corrected chi connectivity index (χ1v) is 7.26. The van der Waals surface area contributed by atoms with Crippen LogP contribution in [0.1, 0.15) is 6.42 Å². The molecule has 1 rings (SSSR count). The third kappa shape index (κ3) is 5.55. The van der Waals surface area contributed by atoms with Gasteiger partial charge in [0.2, 0.25) is 0 Å². The topological polar surface area (TPSA) is 92.4 Å². The Hall–Kier alpha value is -1.27. The van der Waals surface area contributed by atoms with Crippen LogP contribution < -0.4 is 11.1 Å². The Morgan fingerprint density at radius 3 is 2.41 bits per heavy atom. The monoisotopic (exact) mass is 258 g/mol. The molecule has 96 valence electrons. The molecule has 0 aliphatic rings. The van der Waals surface area contributed by atoms with Crippen LogP contribution in [0.5, 0.6) is 0 Å². The number of aliphatic hydroxyl groups is 1. The number of hydrogen-bond acceptors (Lipinski definition) is 5. The summed E-state index contributed by atoms with van der Waals surface area (Å²) < 4.78 is 22.6. The molecule has 0 radical (unpaired) electrons. The number of hydrogen-bond donors (Lipinski definition) is 3. The van der Waals surface area contributed by atoms with E-state index in [9.17, 15) is 8.42 Å². The van der Waals surface area contributed by atoms with E-state index in [-0.39, 0.29) is 18.1 Å². The molecule has 1 aromatic rings. The van der Waals surface area contributed by atoms with Gasteiger partial charge in [-0.25, -0.2) is 8.42 Å². The summed E-state index contributed by atoms with van der Waals surface area (Å²) >= 11 is 0. The maximum absolute atomic E-state index is 11.3. The molecule has 0 amide bonds. The molecule has 0 aliphatic heterocycles. The van der Waals surface area contributed by atoms with Gasteiger partial charge in [0.15, 0.2) is 9.84 Å². The minimum absolute atomic E-state index is 0.0928. The summed E-state index contributed by atoms with van der Waals surface area (Å²) in [6.45, 7) is 0.266. The molecule has 1 aromatic carbocycles. The molecule has 6 heteroatoms. The van der Waals surface area contributed by atoms with E-state index in [1.165, 1.54) is 0 Å². The molecule has 0 atom stereocenters. The average Bonchev–Trinajstić information content (AvgIpc) is 2.27. The zero-order valence-electron chi connectivity index (χ0n) is 9.59. The van der Waals surface area contributed by atoms with E-state index in [0.29, 0.717) is 18.7 Å². The molecule has 0 spiro atoms. The molecule has 0 aliphatic carbocycles. The van der Waals surface area contributed by atoms with Crippen molar-refractivity contribution in [2.45, 2.75) is 6.42 Å². The van der Waals surface area contributed by atoms with Crippen LogP contribution in [0.4, 0.5) is 11.4 Å². The fourth-order valence-electron chi connectivity index (χ4n) is 1.37. The molecule has 17 heavy (non-hydrogen) atoms. The molecular formula is C11H18N2O3S. The predicted octanol–water partition coefficient (Wildman–Crippen LogP) is 0.478. The van der Waals surface area contributed by atoms with Crippen LogP contribution in [0.2, 0.25) is 0 Å². The molecule has 0 saturated carbocycles. The molecule has 0 bridgehead atoms. The van der Waals surface area contributed by atoms with Gasteiger partial charge in [-0.05, 0) is 30.7 Å². The average molecular weight is 258 g/mol. The standard InChI is InChI=1S/C11H18N2O3S/c12-10-2-4-11(5-3-10)13-6-1-8-17(15,16)9-7-14/h2-5,13-14H,1,6-9,12H2. The zero-order valence-corrected chi connectivity index (χ0v) is 10.4. The van der Waals surface area contributed by atoms with Crippen molar-refractivity contribution in [1.82, 2.24) is 0 Å². The van der Waals surface area contributed by atoms with Crippen LogP contribution >= 0.6 is 0 Å². The van der Waals surface area contributed by atoms with Crippen LogP contribution in [0.3, 0.4) is 0 Å². The fourth-order valence-corrected chi connectivity index (χ4v) is 2.43. The number of benzene rings is 1. The van der Waals surface area contributed by atoms with Gasteiger partial charge in [0.05, 0.1) is 18.1 Å². The van der Waals surface area contributed by atoms with Crippen LogP contribution in [0.15, 0.2) is 24.3 Å². The zero-order chi connectivity index (χ0) is 12.7. The molecule has 0 aromatic heterocycles. The third-order valence-electron chi connectivity index (χ3n) is 2.27. The van der Waals surface area contributed by atoms with Crippen LogP contribution in [-0.2, 0) is 9.84 Å². The second-order valence-corrected chi connectivity index (χ2v) is 6.08. The summed E-state index contributed by atoms with van der Waals surface area (Å²) in [6.07, 6.45) is 0.521. The van der Waals surface area contributed by atoms with Gasteiger partial charge in [-0.2, -0.15) is 0 Å². The first kappa shape index (κ1) is 13.8. The Morgan fingerprint density at radius 1 is 1.18 bits per heavy atom. The largest absolute Gasteiger partial charge is 0.399 e. The van der Waals surface area contributed by atoms with Gasteiger partial charge < -0.3 is 16.2 Å². The van der Waals surface area contributed by atoms with Crippen molar-refractivity contribution >= 4 is 21.2 Å². The van der Waals surface area contributed by atoms with E-state index < -0.39 is 9.84 Å².